The van der Waals surface area contributed by atoms with Gasteiger partial charge in [-0.15, -0.1) is 0 Å². The van der Waals surface area contributed by atoms with E-state index in [-0.39, 0.29) is 16.2 Å². The number of fused-ring (bicyclic) bond motifs is 11. The summed E-state index contributed by atoms with van der Waals surface area (Å²) < 4.78 is 13.2. The third kappa shape index (κ3) is 4.08. The molecule has 2 spiro atoms. The van der Waals surface area contributed by atoms with Gasteiger partial charge in [-0.3, -0.25) is 0 Å². The molecule has 4 fully saturated rings. The van der Waals surface area contributed by atoms with Crippen LogP contribution in [0.1, 0.15) is 88.5 Å². The molecule has 0 radical (unpaired) electrons. The minimum absolute atomic E-state index is 0.0761. The number of benzene rings is 6. The zero-order valence-corrected chi connectivity index (χ0v) is 33.4. The highest BCUT2D eigenvalue weighted by Gasteiger charge is 2.84. The summed E-state index contributed by atoms with van der Waals surface area (Å²) >= 11 is 0. The summed E-state index contributed by atoms with van der Waals surface area (Å²) in [6.45, 7) is 9.65. The monoisotopic (exact) mass is 743 g/mol. The number of anilines is 3. The van der Waals surface area contributed by atoms with E-state index < -0.39 is 0 Å². The fourth-order valence-electron chi connectivity index (χ4n) is 14.1. The van der Waals surface area contributed by atoms with Crippen LogP contribution < -0.4 is 9.64 Å². The molecule has 3 heteroatoms. The molecule has 13 rings (SSSR count). The van der Waals surface area contributed by atoms with Crippen LogP contribution in [0.3, 0.4) is 0 Å². The fourth-order valence-corrected chi connectivity index (χ4v) is 14.1. The lowest BCUT2D eigenvalue weighted by atomic mass is 9.26. The lowest BCUT2D eigenvalue weighted by molar-refractivity contribution is -0.235. The Hall–Kier alpha value is -5.28. The molecule has 1 aliphatic heterocycles. The molecule has 0 saturated heterocycles. The Morgan fingerprint density at radius 2 is 1.21 bits per heavy atom. The van der Waals surface area contributed by atoms with Gasteiger partial charge >= 0.3 is 0 Å². The van der Waals surface area contributed by atoms with Crippen LogP contribution in [-0.2, 0) is 16.2 Å². The predicted molar refractivity (Wildman–Crippen MR) is 231 cm³/mol. The number of ether oxygens (including phenoxy) is 1. The Kier molecular flexibility index (Phi) is 6.21. The second-order valence-corrected chi connectivity index (χ2v) is 20.0. The zero-order valence-electron chi connectivity index (χ0n) is 33.4. The van der Waals surface area contributed by atoms with Crippen molar-refractivity contribution in [3.05, 3.63) is 150 Å². The maximum atomic E-state index is 6.74. The molecule has 0 amide bonds. The number of nitrogens with zero attached hydrogens (tertiary/aromatic N) is 1. The third-order valence-corrected chi connectivity index (χ3v) is 16.7. The van der Waals surface area contributed by atoms with Crippen LogP contribution in [0.4, 0.5) is 17.1 Å². The molecule has 1 aromatic heterocycles. The normalized spacial score (nSPS) is 28.8. The lowest BCUT2D eigenvalue weighted by Crippen LogP contribution is -2.74. The fraction of sp³-hybridized carbons (Fsp3) is 0.333. The van der Waals surface area contributed by atoms with Crippen molar-refractivity contribution in [2.24, 2.45) is 29.1 Å². The maximum absolute atomic E-state index is 6.74. The lowest BCUT2D eigenvalue weighted by Gasteiger charge is -2.77. The molecule has 6 aliphatic rings. The average Bonchev–Trinajstić information content (AvgIpc) is 3.89. The van der Waals surface area contributed by atoms with E-state index in [1.165, 1.54) is 77.6 Å². The van der Waals surface area contributed by atoms with E-state index in [0.29, 0.717) is 5.41 Å². The highest BCUT2D eigenvalue weighted by molar-refractivity contribution is 6.06. The van der Waals surface area contributed by atoms with Gasteiger partial charge in [-0.05, 0) is 161 Å². The molecule has 3 nitrogen and oxygen atoms in total. The van der Waals surface area contributed by atoms with Gasteiger partial charge in [0, 0.05) is 50.4 Å². The van der Waals surface area contributed by atoms with Gasteiger partial charge in [-0.1, -0.05) is 88.4 Å². The number of para-hydroxylation sites is 2. The number of furan rings is 1. The standard InChI is InChI=1S/C54H49NO2/c1-51(2)23-24-52(3,4)43-29-37(19-21-41(43)51)55(38-18-20-40-39-9-5-7-11-45(39)56-48(40)30-38)36-16-13-33(14-17-36)34-15-22-47-44(27-34)54(42-10-6-8-12-46(42)57-47)49-26-32-25-35-28-50(54)53(35,49)31-32/h5-22,27,29-30,32,35,49-50H,23-26,28,31H2,1-4H3. The molecule has 6 unspecified atom stereocenters. The Labute approximate surface area is 335 Å². The van der Waals surface area contributed by atoms with Gasteiger partial charge in [0.25, 0.3) is 0 Å². The molecule has 2 bridgehead atoms. The molecule has 7 aromatic rings. The van der Waals surface area contributed by atoms with Crippen molar-refractivity contribution < 1.29 is 9.15 Å². The van der Waals surface area contributed by atoms with E-state index >= 15 is 0 Å². The van der Waals surface area contributed by atoms with Crippen LogP contribution in [0.15, 0.2) is 132 Å². The van der Waals surface area contributed by atoms with Crippen molar-refractivity contribution in [1.82, 2.24) is 0 Å². The molecule has 5 aliphatic carbocycles. The van der Waals surface area contributed by atoms with Crippen molar-refractivity contribution in [3.63, 3.8) is 0 Å². The van der Waals surface area contributed by atoms with E-state index in [0.717, 1.165) is 68.5 Å². The first-order valence-electron chi connectivity index (χ1n) is 21.5. The number of hydrogen-bond donors (Lipinski definition) is 0. The van der Waals surface area contributed by atoms with Crippen molar-refractivity contribution in [2.75, 3.05) is 4.90 Å². The molecule has 6 aromatic carbocycles. The zero-order chi connectivity index (χ0) is 38.1. The minimum atomic E-state index is 0.0761. The highest BCUT2D eigenvalue weighted by atomic mass is 16.5. The van der Waals surface area contributed by atoms with Crippen molar-refractivity contribution in [3.8, 4) is 22.6 Å². The largest absolute Gasteiger partial charge is 0.457 e. The van der Waals surface area contributed by atoms with E-state index in [2.05, 4.69) is 154 Å². The molecular formula is C54H49NO2. The van der Waals surface area contributed by atoms with Gasteiger partial charge in [-0.25, -0.2) is 0 Å². The Morgan fingerprint density at radius 3 is 2.07 bits per heavy atom. The molecule has 4 saturated carbocycles. The summed E-state index contributed by atoms with van der Waals surface area (Å²) in [6.07, 6.45) is 8.09. The molecule has 0 N–H and O–H groups in total. The Balaban J connectivity index is 0.928. The molecule has 57 heavy (non-hydrogen) atoms. The summed E-state index contributed by atoms with van der Waals surface area (Å²) in [5, 5.41) is 2.30. The van der Waals surface area contributed by atoms with Gasteiger partial charge in [0.15, 0.2) is 0 Å². The van der Waals surface area contributed by atoms with Gasteiger partial charge < -0.3 is 14.1 Å². The average molecular weight is 744 g/mol. The van der Waals surface area contributed by atoms with E-state index in [4.69, 9.17) is 9.15 Å². The smallest absolute Gasteiger partial charge is 0.137 e. The number of rotatable bonds is 4. The first kappa shape index (κ1) is 32.8. The Bertz CT molecular complexity index is 2840. The Morgan fingerprint density at radius 1 is 0.526 bits per heavy atom. The summed E-state index contributed by atoms with van der Waals surface area (Å²) in [5.74, 6) is 5.49. The third-order valence-electron chi connectivity index (χ3n) is 16.7. The van der Waals surface area contributed by atoms with E-state index in [1.54, 1.807) is 0 Å². The van der Waals surface area contributed by atoms with Crippen molar-refractivity contribution in [2.45, 2.75) is 82.5 Å². The summed E-state index contributed by atoms with van der Waals surface area (Å²) in [4.78, 5) is 2.43. The minimum Gasteiger partial charge on any atom is -0.457 e. The summed E-state index contributed by atoms with van der Waals surface area (Å²) in [6, 6.07) is 47.7. The summed E-state index contributed by atoms with van der Waals surface area (Å²) in [5.41, 5.74) is 14.5. The van der Waals surface area contributed by atoms with Crippen LogP contribution in [-0.4, -0.2) is 0 Å². The molecule has 6 atom stereocenters. The quantitative estimate of drug-likeness (QED) is 0.180. The first-order valence-corrected chi connectivity index (χ1v) is 21.5. The van der Waals surface area contributed by atoms with Gasteiger partial charge in [0.2, 0.25) is 0 Å². The van der Waals surface area contributed by atoms with Crippen LogP contribution in [0.25, 0.3) is 33.1 Å². The van der Waals surface area contributed by atoms with Crippen molar-refractivity contribution >= 4 is 39.0 Å². The maximum Gasteiger partial charge on any atom is 0.137 e. The van der Waals surface area contributed by atoms with Gasteiger partial charge in [-0.2, -0.15) is 0 Å². The topological polar surface area (TPSA) is 25.6 Å². The first-order chi connectivity index (χ1) is 27.6. The molecular weight excluding hydrogens is 695 g/mol. The molecule has 2 heterocycles. The molecule has 282 valence electrons. The van der Waals surface area contributed by atoms with Crippen LogP contribution in [0.2, 0.25) is 0 Å². The highest BCUT2D eigenvalue weighted by Crippen LogP contribution is 2.89. The van der Waals surface area contributed by atoms with Gasteiger partial charge in [0.1, 0.15) is 22.7 Å². The second-order valence-electron chi connectivity index (χ2n) is 20.0. The van der Waals surface area contributed by atoms with E-state index in [9.17, 15) is 0 Å². The predicted octanol–water partition coefficient (Wildman–Crippen LogP) is 14.5. The summed E-state index contributed by atoms with van der Waals surface area (Å²) in [7, 11) is 0. The van der Waals surface area contributed by atoms with Crippen LogP contribution in [0.5, 0.6) is 11.5 Å². The second kappa shape index (κ2) is 10.8. The van der Waals surface area contributed by atoms with Crippen molar-refractivity contribution in [1.29, 1.82) is 0 Å². The van der Waals surface area contributed by atoms with E-state index in [1.807, 2.05) is 6.07 Å². The van der Waals surface area contributed by atoms with Crippen LogP contribution in [0, 0.1) is 29.1 Å². The SMILES string of the molecule is CC1(C)CCC(C)(C)c2cc(N(c3ccc(-c4ccc5c(c4)C4(c6ccccc6O5)C5CC6CC7CC4C75C6)cc3)c3ccc4c(c3)oc3ccccc34)ccc21. The number of hydrogen-bond acceptors (Lipinski definition) is 3. The van der Waals surface area contributed by atoms with Crippen LogP contribution >= 0.6 is 0 Å². The van der Waals surface area contributed by atoms with Gasteiger partial charge in [0.05, 0.1) is 0 Å².